The molecule has 8 nitrogen and oxygen atoms in total. The maximum Gasteiger partial charge on any atom is 0.338 e. The predicted molar refractivity (Wildman–Crippen MR) is 118 cm³/mol. The molecule has 0 spiro atoms. The van der Waals surface area contributed by atoms with Crippen LogP contribution in [0.25, 0.3) is 0 Å². The fraction of sp³-hybridized carbons (Fsp3) is 0.364. The van der Waals surface area contributed by atoms with E-state index in [0.717, 1.165) is 0 Å². The van der Waals surface area contributed by atoms with E-state index in [0.29, 0.717) is 30.1 Å². The number of carbonyl (C=O) groups is 2. The number of nitrogens with zero attached hydrogens (tertiary/aromatic N) is 1. The van der Waals surface area contributed by atoms with Crippen molar-refractivity contribution in [3.05, 3.63) is 53.6 Å². The zero-order valence-corrected chi connectivity index (χ0v) is 19.2. The molecule has 0 aliphatic heterocycles. The van der Waals surface area contributed by atoms with Gasteiger partial charge in [-0.1, -0.05) is 32.0 Å². The van der Waals surface area contributed by atoms with E-state index in [9.17, 15) is 18.0 Å². The van der Waals surface area contributed by atoms with Gasteiger partial charge in [0.25, 0.3) is 5.91 Å². The molecular weight excluding hydrogens is 420 g/mol. The summed E-state index contributed by atoms with van der Waals surface area (Å²) < 4.78 is 37.5. The van der Waals surface area contributed by atoms with Crippen molar-refractivity contribution in [2.45, 2.75) is 38.7 Å². The van der Waals surface area contributed by atoms with Gasteiger partial charge in [0.05, 0.1) is 23.3 Å². The number of carbonyl (C=O) groups excluding carboxylic acids is 2. The van der Waals surface area contributed by atoms with Crippen LogP contribution in [0.15, 0.2) is 47.4 Å². The van der Waals surface area contributed by atoms with Crippen LogP contribution >= 0.6 is 0 Å². The minimum Gasteiger partial charge on any atom is -0.495 e. The monoisotopic (exact) mass is 448 g/mol. The van der Waals surface area contributed by atoms with E-state index in [1.165, 1.54) is 30.5 Å². The van der Waals surface area contributed by atoms with Crippen LogP contribution < -0.4 is 10.1 Å². The minimum absolute atomic E-state index is 0.0387. The Morgan fingerprint density at radius 2 is 1.74 bits per heavy atom. The first kappa shape index (κ1) is 24.4. The molecule has 2 rings (SSSR count). The van der Waals surface area contributed by atoms with Gasteiger partial charge in [0.1, 0.15) is 5.75 Å². The SMILES string of the molecule is CCN(CC)S(=O)(=O)c1cc(C(=O)O[C@@H](C)C(=O)Nc2ccccc2OC)ccc1C. The number of para-hydroxylation sites is 2. The summed E-state index contributed by atoms with van der Waals surface area (Å²) in [6.45, 7) is 7.21. The fourth-order valence-electron chi connectivity index (χ4n) is 2.97. The molecule has 0 saturated carbocycles. The van der Waals surface area contributed by atoms with Crippen molar-refractivity contribution in [1.82, 2.24) is 4.31 Å². The molecule has 0 unspecified atom stereocenters. The number of hydrogen-bond donors (Lipinski definition) is 1. The first-order valence-corrected chi connectivity index (χ1v) is 11.3. The lowest BCUT2D eigenvalue weighted by molar-refractivity contribution is -0.123. The molecule has 1 atom stereocenters. The molecular formula is C22H28N2O6S. The second-order valence-electron chi connectivity index (χ2n) is 6.81. The quantitative estimate of drug-likeness (QED) is 0.591. The van der Waals surface area contributed by atoms with Crippen LogP contribution in [0.5, 0.6) is 5.75 Å². The first-order chi connectivity index (χ1) is 14.6. The van der Waals surface area contributed by atoms with Crippen molar-refractivity contribution < 1.29 is 27.5 Å². The summed E-state index contributed by atoms with van der Waals surface area (Å²) in [4.78, 5) is 25.1. The minimum atomic E-state index is -3.75. The van der Waals surface area contributed by atoms with Gasteiger partial charge in [-0.2, -0.15) is 4.31 Å². The van der Waals surface area contributed by atoms with E-state index < -0.39 is 28.0 Å². The Balaban J connectivity index is 2.19. The molecule has 0 fully saturated rings. The molecule has 0 aromatic heterocycles. The van der Waals surface area contributed by atoms with Gasteiger partial charge in [-0.05, 0) is 43.7 Å². The van der Waals surface area contributed by atoms with E-state index >= 15 is 0 Å². The standard InChI is InChI=1S/C22H28N2O6S/c1-6-24(7-2)31(27,28)20-14-17(13-12-15(20)3)22(26)30-16(4)21(25)23-18-10-8-9-11-19(18)29-5/h8-14,16H,6-7H2,1-5H3,(H,23,25)/t16-/m0/s1. The van der Waals surface area contributed by atoms with Gasteiger partial charge in [0.15, 0.2) is 6.10 Å². The molecule has 0 heterocycles. The Kier molecular flexibility index (Phi) is 8.18. The van der Waals surface area contributed by atoms with Gasteiger partial charge < -0.3 is 14.8 Å². The van der Waals surface area contributed by atoms with Crippen LogP contribution in [0, 0.1) is 6.92 Å². The van der Waals surface area contributed by atoms with Crippen LogP contribution in [0.1, 0.15) is 36.7 Å². The average Bonchev–Trinajstić information content (AvgIpc) is 2.74. The highest BCUT2D eigenvalue weighted by atomic mass is 32.2. The summed E-state index contributed by atoms with van der Waals surface area (Å²) >= 11 is 0. The molecule has 0 bridgehead atoms. The Hall–Kier alpha value is -2.91. The van der Waals surface area contributed by atoms with E-state index in [1.807, 2.05) is 0 Å². The topological polar surface area (TPSA) is 102 Å². The van der Waals surface area contributed by atoms with Gasteiger partial charge in [-0.15, -0.1) is 0 Å². The zero-order chi connectivity index (χ0) is 23.2. The lowest BCUT2D eigenvalue weighted by Gasteiger charge is -2.20. The smallest absolute Gasteiger partial charge is 0.338 e. The molecule has 9 heteroatoms. The Labute approximate surface area is 183 Å². The third kappa shape index (κ3) is 5.62. The number of esters is 1. The van der Waals surface area contributed by atoms with Crippen molar-refractivity contribution in [2.24, 2.45) is 0 Å². The van der Waals surface area contributed by atoms with E-state index in [2.05, 4.69) is 5.32 Å². The van der Waals surface area contributed by atoms with E-state index in [4.69, 9.17) is 9.47 Å². The highest BCUT2D eigenvalue weighted by molar-refractivity contribution is 7.89. The molecule has 1 N–H and O–H groups in total. The van der Waals surface area contributed by atoms with Gasteiger partial charge in [-0.3, -0.25) is 4.79 Å². The van der Waals surface area contributed by atoms with Gasteiger partial charge in [-0.25, -0.2) is 13.2 Å². The third-order valence-corrected chi connectivity index (χ3v) is 6.96. The number of hydrogen-bond acceptors (Lipinski definition) is 6. The van der Waals surface area contributed by atoms with E-state index in [1.54, 1.807) is 51.1 Å². The third-order valence-electron chi connectivity index (χ3n) is 4.76. The first-order valence-electron chi connectivity index (χ1n) is 9.91. The second-order valence-corrected chi connectivity index (χ2v) is 8.71. The number of sulfonamides is 1. The van der Waals surface area contributed by atoms with Crippen LogP contribution in [-0.2, 0) is 19.6 Å². The number of methoxy groups -OCH3 is 1. The number of anilines is 1. The summed E-state index contributed by atoms with van der Waals surface area (Å²) in [5, 5.41) is 2.65. The fourth-order valence-corrected chi connectivity index (χ4v) is 4.68. The number of amides is 1. The zero-order valence-electron chi connectivity index (χ0n) is 18.3. The Morgan fingerprint density at radius 1 is 1.10 bits per heavy atom. The number of ether oxygens (including phenoxy) is 2. The van der Waals surface area contributed by atoms with Gasteiger partial charge in [0, 0.05) is 13.1 Å². The van der Waals surface area contributed by atoms with Crippen molar-refractivity contribution in [3.8, 4) is 5.75 Å². The molecule has 0 saturated heterocycles. The summed E-state index contributed by atoms with van der Waals surface area (Å²) in [7, 11) is -2.27. The lowest BCUT2D eigenvalue weighted by Crippen LogP contribution is -2.32. The molecule has 2 aromatic carbocycles. The van der Waals surface area contributed by atoms with Crippen molar-refractivity contribution >= 4 is 27.6 Å². The summed E-state index contributed by atoms with van der Waals surface area (Å²) in [5.41, 5.74) is 1.01. The predicted octanol–water partition coefficient (Wildman–Crippen LogP) is 3.22. The lowest BCUT2D eigenvalue weighted by atomic mass is 10.1. The molecule has 168 valence electrons. The molecule has 0 aliphatic carbocycles. The number of rotatable bonds is 9. The normalized spacial score (nSPS) is 12.3. The maximum absolute atomic E-state index is 12.9. The molecule has 0 aliphatic rings. The van der Waals surface area contributed by atoms with Crippen molar-refractivity contribution in [3.63, 3.8) is 0 Å². The maximum atomic E-state index is 12.9. The van der Waals surface area contributed by atoms with Crippen LogP contribution in [0.4, 0.5) is 5.69 Å². The van der Waals surface area contributed by atoms with Crippen molar-refractivity contribution in [2.75, 3.05) is 25.5 Å². The van der Waals surface area contributed by atoms with Crippen LogP contribution in [-0.4, -0.2) is 50.9 Å². The number of nitrogens with one attached hydrogen (secondary N) is 1. The molecule has 0 radical (unpaired) electrons. The summed E-state index contributed by atoms with van der Waals surface area (Å²) in [6, 6.07) is 11.2. The van der Waals surface area contributed by atoms with Crippen LogP contribution in [0.3, 0.4) is 0 Å². The number of benzene rings is 2. The molecule has 1 amide bonds. The van der Waals surface area contributed by atoms with Crippen LogP contribution in [0.2, 0.25) is 0 Å². The average molecular weight is 449 g/mol. The highest BCUT2D eigenvalue weighted by Gasteiger charge is 2.26. The second kappa shape index (κ2) is 10.4. The number of aryl methyl sites for hydroxylation is 1. The Bertz CT molecular complexity index is 1050. The Morgan fingerprint density at radius 3 is 2.35 bits per heavy atom. The van der Waals surface area contributed by atoms with Gasteiger partial charge >= 0.3 is 5.97 Å². The molecule has 31 heavy (non-hydrogen) atoms. The summed E-state index contributed by atoms with van der Waals surface area (Å²) in [5.74, 6) is -0.862. The van der Waals surface area contributed by atoms with Gasteiger partial charge in [0.2, 0.25) is 10.0 Å². The van der Waals surface area contributed by atoms with Crippen molar-refractivity contribution in [1.29, 1.82) is 0 Å². The molecule has 2 aromatic rings. The summed E-state index contributed by atoms with van der Waals surface area (Å²) in [6.07, 6.45) is -1.11. The highest BCUT2D eigenvalue weighted by Crippen LogP contribution is 2.24. The van der Waals surface area contributed by atoms with E-state index in [-0.39, 0.29) is 10.5 Å². The largest absolute Gasteiger partial charge is 0.495 e.